The fraction of sp³-hybridized carbons (Fsp3) is 0.235. The topological polar surface area (TPSA) is 115 Å². The molecule has 0 heterocycles. The van der Waals surface area contributed by atoms with Gasteiger partial charge in [0.25, 0.3) is 17.3 Å². The minimum absolute atomic E-state index is 0.0851. The van der Waals surface area contributed by atoms with Crippen LogP contribution < -0.4 is 5.32 Å². The first-order valence-electron chi connectivity index (χ1n) is 7.51. The summed E-state index contributed by atoms with van der Waals surface area (Å²) in [5.74, 6) is -0.612. The summed E-state index contributed by atoms with van der Waals surface area (Å²) in [5.41, 5.74) is 0.813. The van der Waals surface area contributed by atoms with Crippen LogP contribution in [0, 0.1) is 34.1 Å². The fourth-order valence-electron chi connectivity index (χ4n) is 2.41. The van der Waals surface area contributed by atoms with Crippen LogP contribution in [0.15, 0.2) is 36.4 Å². The van der Waals surface area contributed by atoms with E-state index in [2.05, 4.69) is 5.32 Å². The second kappa shape index (κ2) is 7.08. The molecule has 0 saturated heterocycles. The van der Waals surface area contributed by atoms with E-state index < -0.39 is 27.1 Å². The summed E-state index contributed by atoms with van der Waals surface area (Å²) in [7, 11) is 0. The van der Waals surface area contributed by atoms with Gasteiger partial charge in [0.15, 0.2) is 0 Å². The minimum Gasteiger partial charge on any atom is -0.346 e. The minimum atomic E-state index is -0.734. The van der Waals surface area contributed by atoms with E-state index in [1.54, 1.807) is 6.92 Å². The Balaban J connectivity index is 2.33. The highest BCUT2D eigenvalue weighted by atomic mass is 16.6. The number of amides is 1. The van der Waals surface area contributed by atoms with Gasteiger partial charge in [-0.15, -0.1) is 0 Å². The van der Waals surface area contributed by atoms with Crippen LogP contribution >= 0.6 is 0 Å². The molecule has 25 heavy (non-hydrogen) atoms. The molecule has 8 nitrogen and oxygen atoms in total. The van der Waals surface area contributed by atoms with Crippen molar-refractivity contribution >= 4 is 17.3 Å². The molecule has 0 bridgehead atoms. The van der Waals surface area contributed by atoms with Gasteiger partial charge in [-0.05, 0) is 26.3 Å². The van der Waals surface area contributed by atoms with Gasteiger partial charge in [-0.1, -0.05) is 29.8 Å². The van der Waals surface area contributed by atoms with Crippen molar-refractivity contribution in [3.05, 3.63) is 78.9 Å². The number of hydrogen-bond acceptors (Lipinski definition) is 5. The van der Waals surface area contributed by atoms with Crippen LogP contribution in [0.2, 0.25) is 0 Å². The Morgan fingerprint density at radius 3 is 1.92 bits per heavy atom. The molecule has 130 valence electrons. The fourth-order valence-corrected chi connectivity index (χ4v) is 2.41. The number of nitro benzene ring substituents is 2. The standard InChI is InChI=1S/C17H17N3O5/c1-10-4-6-13(7-5-10)12(3)18-17(21)14-8-15(19(22)23)11(2)16(9-14)20(24)25/h4-9,12H,1-3H3,(H,18,21)/t12-/m0/s1. The number of nitro groups is 2. The lowest BCUT2D eigenvalue weighted by Crippen LogP contribution is -2.26. The lowest BCUT2D eigenvalue weighted by atomic mass is 10.0. The van der Waals surface area contributed by atoms with E-state index >= 15 is 0 Å². The summed E-state index contributed by atoms with van der Waals surface area (Å²) >= 11 is 0. The molecular weight excluding hydrogens is 326 g/mol. The molecule has 0 unspecified atom stereocenters. The van der Waals surface area contributed by atoms with E-state index in [1.807, 2.05) is 31.2 Å². The first kappa shape index (κ1) is 18.1. The lowest BCUT2D eigenvalue weighted by Gasteiger charge is -2.15. The third-order valence-corrected chi connectivity index (χ3v) is 3.93. The van der Waals surface area contributed by atoms with Crippen LogP contribution in [0.4, 0.5) is 11.4 Å². The molecule has 2 aromatic carbocycles. The maximum atomic E-state index is 12.4. The molecular formula is C17H17N3O5. The Hall–Kier alpha value is -3.29. The van der Waals surface area contributed by atoms with E-state index in [4.69, 9.17) is 0 Å². The Kier molecular flexibility index (Phi) is 5.11. The molecule has 1 atom stereocenters. The number of rotatable bonds is 5. The van der Waals surface area contributed by atoms with Crippen molar-refractivity contribution in [2.45, 2.75) is 26.8 Å². The number of aryl methyl sites for hydroxylation is 1. The molecule has 0 saturated carbocycles. The van der Waals surface area contributed by atoms with Gasteiger partial charge in [-0.25, -0.2) is 0 Å². The monoisotopic (exact) mass is 343 g/mol. The smallest absolute Gasteiger partial charge is 0.279 e. The summed E-state index contributed by atoms with van der Waals surface area (Å²) in [4.78, 5) is 33.1. The van der Waals surface area contributed by atoms with Crippen molar-refractivity contribution in [1.82, 2.24) is 5.32 Å². The first-order valence-corrected chi connectivity index (χ1v) is 7.51. The first-order chi connectivity index (χ1) is 11.7. The third-order valence-electron chi connectivity index (χ3n) is 3.93. The highest BCUT2D eigenvalue weighted by molar-refractivity contribution is 5.96. The Morgan fingerprint density at radius 2 is 1.48 bits per heavy atom. The summed E-state index contributed by atoms with van der Waals surface area (Å²) in [5, 5.41) is 24.9. The van der Waals surface area contributed by atoms with Crippen LogP contribution in [0.3, 0.4) is 0 Å². The average molecular weight is 343 g/mol. The quantitative estimate of drug-likeness (QED) is 0.657. The second-order valence-electron chi connectivity index (χ2n) is 5.76. The SMILES string of the molecule is Cc1ccc([C@H](C)NC(=O)c2cc([N+](=O)[O-])c(C)c([N+](=O)[O-])c2)cc1. The van der Waals surface area contributed by atoms with E-state index in [0.29, 0.717) is 0 Å². The molecule has 2 rings (SSSR count). The summed E-state index contributed by atoms with van der Waals surface area (Å²) in [6, 6.07) is 9.28. The molecule has 0 aliphatic heterocycles. The van der Waals surface area contributed by atoms with Gasteiger partial charge in [-0.2, -0.15) is 0 Å². The van der Waals surface area contributed by atoms with Crippen LogP contribution in [0.1, 0.15) is 40.0 Å². The predicted molar refractivity (Wildman–Crippen MR) is 91.5 cm³/mol. The van der Waals surface area contributed by atoms with Gasteiger partial charge in [0, 0.05) is 12.1 Å². The zero-order valence-electron chi connectivity index (χ0n) is 14.0. The zero-order chi connectivity index (χ0) is 18.7. The maximum Gasteiger partial charge on any atom is 0.279 e. The van der Waals surface area contributed by atoms with E-state index in [9.17, 15) is 25.0 Å². The molecule has 1 amide bonds. The van der Waals surface area contributed by atoms with Gasteiger partial charge in [0.05, 0.1) is 21.5 Å². The highest BCUT2D eigenvalue weighted by Crippen LogP contribution is 2.29. The molecule has 2 aromatic rings. The zero-order valence-corrected chi connectivity index (χ0v) is 14.0. The molecule has 1 N–H and O–H groups in total. The van der Waals surface area contributed by atoms with Gasteiger partial charge < -0.3 is 5.32 Å². The molecule has 0 fully saturated rings. The summed E-state index contributed by atoms with van der Waals surface area (Å²) in [6.07, 6.45) is 0. The second-order valence-corrected chi connectivity index (χ2v) is 5.76. The van der Waals surface area contributed by atoms with E-state index in [-0.39, 0.29) is 17.2 Å². The molecule has 0 aliphatic carbocycles. The molecule has 0 radical (unpaired) electrons. The number of benzene rings is 2. The van der Waals surface area contributed by atoms with Crippen molar-refractivity contribution in [1.29, 1.82) is 0 Å². The van der Waals surface area contributed by atoms with Crippen LogP contribution in [0.25, 0.3) is 0 Å². The third kappa shape index (κ3) is 3.97. The van der Waals surface area contributed by atoms with Gasteiger partial charge in [0.2, 0.25) is 0 Å². The Morgan fingerprint density at radius 1 is 1.00 bits per heavy atom. The Labute approximate surface area is 143 Å². The van der Waals surface area contributed by atoms with Gasteiger partial charge in [0.1, 0.15) is 5.56 Å². The van der Waals surface area contributed by atoms with Crippen molar-refractivity contribution in [3.8, 4) is 0 Å². The summed E-state index contributed by atoms with van der Waals surface area (Å²) < 4.78 is 0. The number of carbonyl (C=O) groups is 1. The van der Waals surface area contributed by atoms with Crippen molar-refractivity contribution in [2.75, 3.05) is 0 Å². The number of nitrogens with one attached hydrogen (secondary N) is 1. The van der Waals surface area contributed by atoms with Crippen LogP contribution in [-0.2, 0) is 0 Å². The van der Waals surface area contributed by atoms with Gasteiger partial charge >= 0.3 is 0 Å². The predicted octanol–water partition coefficient (Wildman–Crippen LogP) is 3.61. The van der Waals surface area contributed by atoms with Gasteiger partial charge in [-0.3, -0.25) is 25.0 Å². The lowest BCUT2D eigenvalue weighted by molar-refractivity contribution is -0.395. The highest BCUT2D eigenvalue weighted by Gasteiger charge is 2.25. The van der Waals surface area contributed by atoms with Crippen molar-refractivity contribution in [2.24, 2.45) is 0 Å². The largest absolute Gasteiger partial charge is 0.346 e. The van der Waals surface area contributed by atoms with E-state index in [0.717, 1.165) is 23.3 Å². The Bertz CT molecular complexity index is 811. The molecule has 0 spiro atoms. The molecule has 0 aromatic heterocycles. The van der Waals surface area contributed by atoms with Crippen molar-refractivity contribution < 1.29 is 14.6 Å². The average Bonchev–Trinajstić information content (AvgIpc) is 2.54. The summed E-state index contributed by atoms with van der Waals surface area (Å²) in [6.45, 7) is 4.99. The molecule has 8 heteroatoms. The van der Waals surface area contributed by atoms with E-state index in [1.165, 1.54) is 6.92 Å². The normalized spacial score (nSPS) is 11.6. The van der Waals surface area contributed by atoms with Crippen LogP contribution in [-0.4, -0.2) is 15.8 Å². The number of hydrogen-bond donors (Lipinski definition) is 1. The number of nitrogens with zero attached hydrogens (tertiary/aromatic N) is 2. The van der Waals surface area contributed by atoms with Crippen molar-refractivity contribution in [3.63, 3.8) is 0 Å². The number of carbonyl (C=O) groups excluding carboxylic acids is 1. The maximum absolute atomic E-state index is 12.4. The molecule has 0 aliphatic rings. The van der Waals surface area contributed by atoms with Crippen LogP contribution in [0.5, 0.6) is 0 Å².